The molecule has 1 aromatic heterocycles. The number of nitrogens with zero attached hydrogens (tertiary/aromatic N) is 2. The number of carbonyl (C=O) groups excluding carboxylic acids is 1. The van der Waals surface area contributed by atoms with E-state index in [9.17, 15) is 4.79 Å². The number of ether oxygens (including phenoxy) is 1. The maximum atomic E-state index is 11.8. The minimum atomic E-state index is -0.127. The highest BCUT2D eigenvalue weighted by molar-refractivity contribution is 5.75. The number of aromatic nitrogens is 2. The smallest absolute Gasteiger partial charge is 0.242 e. The highest BCUT2D eigenvalue weighted by Crippen LogP contribution is 2.11. The Bertz CT molecular complexity index is 592. The number of hydrogen-bond acceptors (Lipinski definition) is 4. The first-order chi connectivity index (χ1) is 10.0. The van der Waals surface area contributed by atoms with E-state index in [0.717, 1.165) is 5.75 Å². The molecule has 1 unspecified atom stereocenters. The molecule has 0 bridgehead atoms. The van der Waals surface area contributed by atoms with Crippen molar-refractivity contribution in [2.24, 2.45) is 0 Å². The van der Waals surface area contributed by atoms with E-state index in [1.165, 1.54) is 10.2 Å². The maximum Gasteiger partial charge on any atom is 0.242 e. The van der Waals surface area contributed by atoms with E-state index < -0.39 is 0 Å². The Kier molecular flexibility index (Phi) is 4.81. The van der Waals surface area contributed by atoms with Crippen LogP contribution < -0.4 is 15.8 Å². The van der Waals surface area contributed by atoms with Crippen molar-refractivity contribution in [3.8, 4) is 5.75 Å². The number of nitrogens with two attached hydrogens (primary N) is 1. The van der Waals surface area contributed by atoms with Crippen LogP contribution in [0.1, 0.15) is 12.5 Å². The molecule has 1 atom stereocenters. The Morgan fingerprint density at radius 2 is 2.10 bits per heavy atom. The highest BCUT2D eigenvalue weighted by atomic mass is 16.5. The molecule has 0 spiro atoms. The number of nitrogen functional groups attached to an aromatic ring is 1. The highest BCUT2D eigenvalue weighted by Gasteiger charge is 2.09. The number of amides is 1. The lowest BCUT2D eigenvalue weighted by Crippen LogP contribution is -2.38. The van der Waals surface area contributed by atoms with Crippen LogP contribution in [0.3, 0.4) is 0 Å². The zero-order valence-corrected chi connectivity index (χ0v) is 12.2. The van der Waals surface area contributed by atoms with Crippen LogP contribution in [0.4, 0.5) is 5.82 Å². The second kappa shape index (κ2) is 6.78. The van der Waals surface area contributed by atoms with Crippen molar-refractivity contribution in [2.75, 3.05) is 12.3 Å². The molecule has 0 radical (unpaired) electrons. The summed E-state index contributed by atoms with van der Waals surface area (Å²) in [5, 5.41) is 6.82. The first-order valence-corrected chi connectivity index (χ1v) is 6.80. The van der Waals surface area contributed by atoms with E-state index in [-0.39, 0.29) is 18.5 Å². The summed E-state index contributed by atoms with van der Waals surface area (Å²) in [4.78, 5) is 11.8. The minimum Gasteiger partial charge on any atom is -0.491 e. The van der Waals surface area contributed by atoms with Crippen LogP contribution in [0.25, 0.3) is 0 Å². The first kappa shape index (κ1) is 14.9. The molecule has 0 aliphatic rings. The van der Waals surface area contributed by atoms with Gasteiger partial charge in [0.2, 0.25) is 5.91 Å². The van der Waals surface area contributed by atoms with Gasteiger partial charge in [0, 0.05) is 6.20 Å². The molecule has 1 aromatic carbocycles. The number of anilines is 1. The topological polar surface area (TPSA) is 82.2 Å². The minimum absolute atomic E-state index is 0.0910. The van der Waals surface area contributed by atoms with Crippen LogP contribution in [0.15, 0.2) is 36.5 Å². The maximum absolute atomic E-state index is 11.8. The van der Waals surface area contributed by atoms with E-state index >= 15 is 0 Å². The Morgan fingerprint density at radius 1 is 1.38 bits per heavy atom. The zero-order valence-electron chi connectivity index (χ0n) is 12.2. The standard InChI is InChI=1S/C15H20N4O2/c1-11-3-5-13(6-4-11)21-10-12(2)17-15(20)9-19-8-7-14(16)18-19/h3-8,12H,9-10H2,1-2H3,(H2,16,18)(H,17,20). The molecule has 1 amide bonds. The van der Waals surface area contributed by atoms with Crippen LogP contribution >= 0.6 is 0 Å². The lowest BCUT2D eigenvalue weighted by molar-refractivity contribution is -0.122. The number of hydrogen-bond donors (Lipinski definition) is 2. The predicted octanol–water partition coefficient (Wildman–Crippen LogP) is 1.36. The third-order valence-electron chi connectivity index (χ3n) is 2.90. The van der Waals surface area contributed by atoms with Gasteiger partial charge in [-0.05, 0) is 32.0 Å². The molecule has 2 rings (SSSR count). The van der Waals surface area contributed by atoms with Crippen molar-refractivity contribution in [1.82, 2.24) is 15.1 Å². The molecule has 0 saturated carbocycles. The van der Waals surface area contributed by atoms with Gasteiger partial charge in [-0.15, -0.1) is 0 Å². The molecule has 1 heterocycles. The molecule has 2 aromatic rings. The van der Waals surface area contributed by atoms with Gasteiger partial charge in [-0.25, -0.2) is 0 Å². The lowest BCUT2D eigenvalue weighted by Gasteiger charge is -2.15. The Balaban J connectivity index is 1.74. The molecule has 6 heteroatoms. The number of carbonyl (C=O) groups is 1. The fourth-order valence-electron chi connectivity index (χ4n) is 1.83. The second-order valence-corrected chi connectivity index (χ2v) is 5.03. The molecule has 112 valence electrons. The van der Waals surface area contributed by atoms with E-state index in [0.29, 0.717) is 12.4 Å². The largest absolute Gasteiger partial charge is 0.491 e. The van der Waals surface area contributed by atoms with Gasteiger partial charge in [-0.1, -0.05) is 17.7 Å². The molecular weight excluding hydrogens is 268 g/mol. The molecule has 0 saturated heterocycles. The van der Waals surface area contributed by atoms with Gasteiger partial charge in [0.05, 0.1) is 6.04 Å². The quantitative estimate of drug-likeness (QED) is 0.840. The molecule has 0 aliphatic carbocycles. The Morgan fingerprint density at radius 3 is 2.71 bits per heavy atom. The summed E-state index contributed by atoms with van der Waals surface area (Å²) >= 11 is 0. The average molecular weight is 288 g/mol. The van der Waals surface area contributed by atoms with Crippen LogP contribution in [-0.4, -0.2) is 28.3 Å². The third-order valence-corrected chi connectivity index (χ3v) is 2.90. The normalized spacial score (nSPS) is 11.9. The Labute approximate surface area is 123 Å². The molecule has 0 fully saturated rings. The van der Waals surface area contributed by atoms with Gasteiger partial charge in [0.15, 0.2) is 0 Å². The van der Waals surface area contributed by atoms with Crippen LogP contribution in [0.2, 0.25) is 0 Å². The van der Waals surface area contributed by atoms with E-state index in [2.05, 4.69) is 10.4 Å². The fraction of sp³-hybridized carbons (Fsp3) is 0.333. The van der Waals surface area contributed by atoms with Crippen molar-refractivity contribution in [1.29, 1.82) is 0 Å². The predicted molar refractivity (Wildman–Crippen MR) is 80.9 cm³/mol. The number of rotatable bonds is 6. The molecule has 0 aliphatic heterocycles. The van der Waals surface area contributed by atoms with Gasteiger partial charge in [-0.3, -0.25) is 9.48 Å². The van der Waals surface area contributed by atoms with Crippen molar-refractivity contribution in [2.45, 2.75) is 26.4 Å². The third kappa shape index (κ3) is 4.83. The molecule has 21 heavy (non-hydrogen) atoms. The van der Waals surface area contributed by atoms with Gasteiger partial charge in [0.1, 0.15) is 24.7 Å². The number of aryl methyl sites for hydroxylation is 1. The summed E-state index contributed by atoms with van der Waals surface area (Å²) in [6, 6.07) is 9.36. The second-order valence-electron chi connectivity index (χ2n) is 5.03. The van der Waals surface area contributed by atoms with E-state index in [1.807, 2.05) is 38.1 Å². The zero-order chi connectivity index (χ0) is 15.2. The van der Waals surface area contributed by atoms with Crippen molar-refractivity contribution in [3.63, 3.8) is 0 Å². The molecule has 3 N–H and O–H groups in total. The average Bonchev–Trinajstić information content (AvgIpc) is 2.83. The van der Waals surface area contributed by atoms with Gasteiger partial charge < -0.3 is 15.8 Å². The number of benzene rings is 1. The van der Waals surface area contributed by atoms with E-state index in [1.54, 1.807) is 12.3 Å². The number of nitrogens with one attached hydrogen (secondary N) is 1. The van der Waals surface area contributed by atoms with Crippen molar-refractivity contribution in [3.05, 3.63) is 42.1 Å². The first-order valence-electron chi connectivity index (χ1n) is 6.80. The summed E-state index contributed by atoms with van der Waals surface area (Å²) in [7, 11) is 0. The van der Waals surface area contributed by atoms with Crippen LogP contribution in [0.5, 0.6) is 5.75 Å². The fourth-order valence-corrected chi connectivity index (χ4v) is 1.83. The molecular formula is C15H20N4O2. The summed E-state index contributed by atoms with van der Waals surface area (Å²) in [5.41, 5.74) is 6.68. The van der Waals surface area contributed by atoms with Crippen LogP contribution in [-0.2, 0) is 11.3 Å². The summed E-state index contributed by atoms with van der Waals surface area (Å²) in [6.07, 6.45) is 1.67. The van der Waals surface area contributed by atoms with Gasteiger partial charge >= 0.3 is 0 Å². The van der Waals surface area contributed by atoms with Crippen molar-refractivity contribution >= 4 is 11.7 Å². The summed E-state index contributed by atoms with van der Waals surface area (Å²) in [6.45, 7) is 4.47. The van der Waals surface area contributed by atoms with Crippen molar-refractivity contribution < 1.29 is 9.53 Å². The SMILES string of the molecule is Cc1ccc(OCC(C)NC(=O)Cn2ccc(N)n2)cc1. The van der Waals surface area contributed by atoms with Crippen LogP contribution in [0, 0.1) is 6.92 Å². The lowest BCUT2D eigenvalue weighted by atomic mass is 10.2. The summed E-state index contributed by atoms with van der Waals surface area (Å²) < 4.78 is 7.12. The van der Waals surface area contributed by atoms with Gasteiger partial charge in [0.25, 0.3) is 0 Å². The van der Waals surface area contributed by atoms with E-state index in [4.69, 9.17) is 10.5 Å². The Hall–Kier alpha value is -2.50. The summed E-state index contributed by atoms with van der Waals surface area (Å²) in [5.74, 6) is 1.07. The monoisotopic (exact) mass is 288 g/mol. The molecule has 6 nitrogen and oxygen atoms in total. The van der Waals surface area contributed by atoms with Gasteiger partial charge in [-0.2, -0.15) is 5.10 Å².